The summed E-state index contributed by atoms with van der Waals surface area (Å²) in [6, 6.07) is 1.09. The first-order valence-corrected chi connectivity index (χ1v) is 15.0. The van der Waals surface area contributed by atoms with Crippen molar-refractivity contribution in [2.75, 3.05) is 13.7 Å². The van der Waals surface area contributed by atoms with E-state index in [2.05, 4.69) is 37.5 Å². The van der Waals surface area contributed by atoms with Gasteiger partial charge >= 0.3 is 6.09 Å². The monoisotopic (exact) mass is 537 g/mol. The van der Waals surface area contributed by atoms with Gasteiger partial charge in [-0.05, 0) is 84.5 Å². The van der Waals surface area contributed by atoms with Crippen molar-refractivity contribution in [1.29, 1.82) is 0 Å². The second-order valence-corrected chi connectivity index (χ2v) is 12.2. The third-order valence-electron chi connectivity index (χ3n) is 8.96. The van der Waals surface area contributed by atoms with Gasteiger partial charge in [-0.25, -0.2) is 4.79 Å². The molecule has 0 bridgehead atoms. The first kappa shape index (κ1) is 31.3. The van der Waals surface area contributed by atoms with Crippen molar-refractivity contribution in [2.24, 2.45) is 23.1 Å². The molecule has 3 rings (SSSR count). The van der Waals surface area contributed by atoms with Gasteiger partial charge in [0.25, 0.3) is 0 Å². The van der Waals surface area contributed by atoms with Crippen LogP contribution in [-0.2, 0) is 14.2 Å². The van der Waals surface area contributed by atoms with E-state index in [0.29, 0.717) is 31.5 Å². The predicted octanol–water partition coefficient (Wildman–Crippen LogP) is 3.44. The number of rotatable bonds is 11. The summed E-state index contributed by atoms with van der Waals surface area (Å²) in [6.07, 6.45) is 11.5. The zero-order valence-electron chi connectivity index (χ0n) is 24.3. The molecular formula is C29H55N5O4. The van der Waals surface area contributed by atoms with Crippen LogP contribution in [0.2, 0.25) is 0 Å². The summed E-state index contributed by atoms with van der Waals surface area (Å²) in [4.78, 5) is 12.9. The highest BCUT2D eigenvalue weighted by atomic mass is 16.6. The van der Waals surface area contributed by atoms with Gasteiger partial charge in [0.15, 0.2) is 0 Å². The van der Waals surface area contributed by atoms with Gasteiger partial charge in [0.05, 0.1) is 11.7 Å². The standard InChI is InChI=1S/C29H55N5O4/c1-5-24-27(36-4)25(37-28(35)34-23-13-9-21(31)10-14-23)16-17-29(24,38-26(32)15-6-19(2)3)18-33-22-11-7-20(30)8-12-22/h6,20-27,33H,5,7-18,30-32H2,1-4H3,(H,34,35)/t20-,21-,22-,23-,24?,25?,26?,27?,29?. The van der Waals surface area contributed by atoms with E-state index >= 15 is 0 Å². The fraction of sp³-hybridized carbons (Fsp3) is 0.897. The largest absolute Gasteiger partial charge is 0.443 e. The van der Waals surface area contributed by atoms with E-state index in [1.54, 1.807) is 7.11 Å². The Morgan fingerprint density at radius 3 is 2.16 bits per heavy atom. The molecule has 0 aromatic heterocycles. The lowest BCUT2D eigenvalue weighted by atomic mass is 9.70. The Balaban J connectivity index is 1.70. The maximum Gasteiger partial charge on any atom is 0.407 e. The number of alkyl carbamates (subject to hydrolysis) is 1. The number of hydrogen-bond acceptors (Lipinski definition) is 8. The molecule has 0 heterocycles. The summed E-state index contributed by atoms with van der Waals surface area (Å²) < 4.78 is 18.8. The second-order valence-electron chi connectivity index (χ2n) is 12.2. The number of nitrogens with two attached hydrogens (primary N) is 3. The van der Waals surface area contributed by atoms with E-state index in [-0.39, 0.29) is 36.3 Å². The summed E-state index contributed by atoms with van der Waals surface area (Å²) in [5.74, 6) is 0.0165. The molecule has 0 aromatic carbocycles. The molecule has 9 nitrogen and oxygen atoms in total. The molecular weight excluding hydrogens is 482 g/mol. The van der Waals surface area contributed by atoms with Crippen LogP contribution in [-0.4, -0.2) is 68.0 Å². The number of allylic oxidation sites excluding steroid dienone is 1. The zero-order chi connectivity index (χ0) is 27.7. The van der Waals surface area contributed by atoms with Gasteiger partial charge in [0.1, 0.15) is 12.3 Å². The quantitative estimate of drug-likeness (QED) is 0.199. The molecule has 220 valence electrons. The van der Waals surface area contributed by atoms with Crippen LogP contribution in [0.5, 0.6) is 0 Å². The SMILES string of the molecule is CCC1C(OC)C(OC(=O)N[C@H]2CC[C@H](N)CC2)CCC1(CN[C@H]1CC[C@H](N)CC1)OC(N)CC=C(C)C. The molecule has 8 N–H and O–H groups in total. The zero-order valence-corrected chi connectivity index (χ0v) is 24.3. The van der Waals surface area contributed by atoms with Gasteiger partial charge in [-0.3, -0.25) is 0 Å². The number of ether oxygens (including phenoxy) is 3. The Kier molecular flexibility index (Phi) is 12.3. The lowest BCUT2D eigenvalue weighted by Gasteiger charge is -2.51. The van der Waals surface area contributed by atoms with Crippen molar-refractivity contribution in [3.05, 3.63) is 11.6 Å². The van der Waals surface area contributed by atoms with Crippen LogP contribution in [0.4, 0.5) is 4.79 Å². The van der Waals surface area contributed by atoms with Crippen LogP contribution in [0, 0.1) is 5.92 Å². The maximum absolute atomic E-state index is 12.9. The average Bonchev–Trinajstić information content (AvgIpc) is 2.89. The van der Waals surface area contributed by atoms with Gasteiger partial charge in [0.2, 0.25) is 0 Å². The third-order valence-corrected chi connectivity index (χ3v) is 8.96. The number of hydrogen-bond donors (Lipinski definition) is 5. The van der Waals surface area contributed by atoms with Crippen LogP contribution in [0.15, 0.2) is 11.6 Å². The lowest BCUT2D eigenvalue weighted by Crippen LogP contribution is -2.62. The minimum absolute atomic E-state index is 0.0165. The summed E-state index contributed by atoms with van der Waals surface area (Å²) in [7, 11) is 1.71. The highest BCUT2D eigenvalue weighted by Gasteiger charge is 2.52. The van der Waals surface area contributed by atoms with Gasteiger partial charge in [-0.2, -0.15) is 0 Å². The Morgan fingerprint density at radius 1 is 1.00 bits per heavy atom. The summed E-state index contributed by atoms with van der Waals surface area (Å²) in [5, 5.41) is 6.87. The number of amides is 1. The topological polar surface area (TPSA) is 147 Å². The van der Waals surface area contributed by atoms with E-state index in [1.165, 1.54) is 5.57 Å². The first-order valence-electron chi connectivity index (χ1n) is 15.0. The van der Waals surface area contributed by atoms with Crippen LogP contribution >= 0.6 is 0 Å². The molecule has 0 saturated heterocycles. The Bertz CT molecular complexity index is 747. The van der Waals surface area contributed by atoms with Crippen LogP contribution in [0.1, 0.15) is 97.8 Å². The minimum atomic E-state index is -0.514. The molecule has 3 saturated carbocycles. The number of carbonyl (C=O) groups excluding carboxylic acids is 1. The van der Waals surface area contributed by atoms with Gasteiger partial charge in [0, 0.05) is 50.2 Å². The number of methoxy groups -OCH3 is 1. The maximum atomic E-state index is 12.9. The van der Waals surface area contributed by atoms with Crippen LogP contribution < -0.4 is 27.8 Å². The van der Waals surface area contributed by atoms with E-state index in [0.717, 1.165) is 64.2 Å². The molecule has 9 heteroatoms. The fourth-order valence-electron chi connectivity index (χ4n) is 6.69. The minimum Gasteiger partial charge on any atom is -0.443 e. The molecule has 5 unspecified atom stereocenters. The highest BCUT2D eigenvalue weighted by molar-refractivity contribution is 5.67. The normalized spacial score (nSPS) is 36.8. The number of carbonyl (C=O) groups is 1. The lowest BCUT2D eigenvalue weighted by molar-refractivity contribution is -0.202. The molecule has 1 amide bonds. The van der Waals surface area contributed by atoms with Crippen molar-refractivity contribution >= 4 is 6.09 Å². The molecule has 5 atom stereocenters. The van der Waals surface area contributed by atoms with E-state index in [9.17, 15) is 4.79 Å². The smallest absolute Gasteiger partial charge is 0.407 e. The van der Waals surface area contributed by atoms with Crippen molar-refractivity contribution in [2.45, 2.75) is 146 Å². The molecule has 3 fully saturated rings. The molecule has 3 aliphatic rings. The Hall–Kier alpha value is -1.23. The predicted molar refractivity (Wildman–Crippen MR) is 152 cm³/mol. The van der Waals surface area contributed by atoms with Gasteiger partial charge in [-0.1, -0.05) is 18.6 Å². The molecule has 0 spiro atoms. The molecule has 3 aliphatic carbocycles. The highest BCUT2D eigenvalue weighted by Crippen LogP contribution is 2.42. The van der Waals surface area contributed by atoms with Crippen molar-refractivity contribution in [3.63, 3.8) is 0 Å². The van der Waals surface area contributed by atoms with E-state index in [1.807, 2.05) is 0 Å². The van der Waals surface area contributed by atoms with Crippen molar-refractivity contribution in [1.82, 2.24) is 10.6 Å². The van der Waals surface area contributed by atoms with Crippen molar-refractivity contribution < 1.29 is 19.0 Å². The molecule has 0 radical (unpaired) electrons. The first-order chi connectivity index (χ1) is 18.2. The van der Waals surface area contributed by atoms with Crippen LogP contribution in [0.3, 0.4) is 0 Å². The van der Waals surface area contributed by atoms with E-state index in [4.69, 9.17) is 31.4 Å². The van der Waals surface area contributed by atoms with Gasteiger partial charge < -0.3 is 42.0 Å². The summed E-state index contributed by atoms with van der Waals surface area (Å²) in [6.45, 7) is 6.99. The van der Waals surface area contributed by atoms with Gasteiger partial charge in [-0.15, -0.1) is 0 Å². The van der Waals surface area contributed by atoms with E-state index < -0.39 is 11.8 Å². The van der Waals surface area contributed by atoms with Crippen molar-refractivity contribution in [3.8, 4) is 0 Å². The summed E-state index contributed by atoms with van der Waals surface area (Å²) in [5.41, 5.74) is 19.4. The average molecular weight is 538 g/mol. The molecule has 38 heavy (non-hydrogen) atoms. The fourth-order valence-corrected chi connectivity index (χ4v) is 6.69. The molecule has 0 aliphatic heterocycles. The van der Waals surface area contributed by atoms with Crippen LogP contribution in [0.25, 0.3) is 0 Å². The summed E-state index contributed by atoms with van der Waals surface area (Å²) >= 11 is 0. The Labute approximate surface area is 230 Å². The number of nitrogens with one attached hydrogen (secondary N) is 2. The second kappa shape index (κ2) is 15.0. The Morgan fingerprint density at radius 2 is 1.61 bits per heavy atom. The third kappa shape index (κ3) is 8.89. The molecule has 0 aromatic rings.